The van der Waals surface area contributed by atoms with Crippen LogP contribution in [0.2, 0.25) is 10.0 Å². The number of aromatic nitrogens is 1. The smallest absolute Gasteiger partial charge is 0.0717 e. The number of rotatable bonds is 2. The van der Waals surface area contributed by atoms with Gasteiger partial charge in [0.1, 0.15) is 0 Å². The van der Waals surface area contributed by atoms with Crippen molar-refractivity contribution in [3.8, 4) is 11.3 Å². The number of aliphatic hydroxyl groups is 1. The SMILES string of the molecule is OCc1ccc(-c2cc(Cl)ccc2Cl)nc1. The van der Waals surface area contributed by atoms with Crippen LogP contribution in [0.5, 0.6) is 0 Å². The number of hydrogen-bond donors (Lipinski definition) is 1. The van der Waals surface area contributed by atoms with Gasteiger partial charge in [-0.15, -0.1) is 0 Å². The number of pyridine rings is 1. The molecule has 0 aliphatic carbocycles. The van der Waals surface area contributed by atoms with Crippen molar-refractivity contribution in [1.29, 1.82) is 0 Å². The van der Waals surface area contributed by atoms with Crippen LogP contribution in [0.4, 0.5) is 0 Å². The van der Waals surface area contributed by atoms with Gasteiger partial charge in [0.15, 0.2) is 0 Å². The van der Waals surface area contributed by atoms with Gasteiger partial charge in [0.25, 0.3) is 0 Å². The van der Waals surface area contributed by atoms with Crippen molar-refractivity contribution in [2.75, 3.05) is 0 Å². The Morgan fingerprint density at radius 2 is 1.94 bits per heavy atom. The van der Waals surface area contributed by atoms with Crippen molar-refractivity contribution >= 4 is 23.2 Å². The summed E-state index contributed by atoms with van der Waals surface area (Å²) in [4.78, 5) is 4.22. The zero-order valence-corrected chi connectivity index (χ0v) is 9.83. The first kappa shape index (κ1) is 11.4. The van der Waals surface area contributed by atoms with Gasteiger partial charge in [-0.25, -0.2) is 0 Å². The van der Waals surface area contributed by atoms with Gasteiger partial charge in [0.05, 0.1) is 17.3 Å². The first-order valence-corrected chi connectivity index (χ1v) is 5.47. The van der Waals surface area contributed by atoms with Crippen molar-refractivity contribution in [1.82, 2.24) is 4.98 Å². The Hall–Kier alpha value is -1.09. The second kappa shape index (κ2) is 4.83. The van der Waals surface area contributed by atoms with Crippen LogP contribution in [0.1, 0.15) is 5.56 Å². The summed E-state index contributed by atoms with van der Waals surface area (Å²) in [5.41, 5.74) is 2.30. The molecule has 0 saturated heterocycles. The molecule has 2 aromatic rings. The lowest BCUT2D eigenvalue weighted by atomic mass is 10.1. The highest BCUT2D eigenvalue weighted by Crippen LogP contribution is 2.29. The summed E-state index contributed by atoms with van der Waals surface area (Å²) in [6.07, 6.45) is 1.62. The van der Waals surface area contributed by atoms with Crippen LogP contribution >= 0.6 is 23.2 Å². The Morgan fingerprint density at radius 3 is 2.56 bits per heavy atom. The number of aliphatic hydroxyl groups excluding tert-OH is 1. The predicted molar refractivity (Wildman–Crippen MR) is 65.6 cm³/mol. The molecule has 0 saturated carbocycles. The second-order valence-electron chi connectivity index (χ2n) is 3.33. The molecule has 16 heavy (non-hydrogen) atoms. The van der Waals surface area contributed by atoms with E-state index in [0.29, 0.717) is 10.0 Å². The third kappa shape index (κ3) is 2.35. The molecule has 1 aromatic carbocycles. The quantitative estimate of drug-likeness (QED) is 0.888. The fourth-order valence-corrected chi connectivity index (χ4v) is 1.76. The number of hydrogen-bond acceptors (Lipinski definition) is 2. The first-order valence-electron chi connectivity index (χ1n) is 4.72. The van der Waals surface area contributed by atoms with Crippen LogP contribution in [-0.2, 0) is 6.61 Å². The number of halogens is 2. The van der Waals surface area contributed by atoms with Crippen LogP contribution in [0.3, 0.4) is 0 Å². The lowest BCUT2D eigenvalue weighted by Crippen LogP contribution is -1.88. The zero-order valence-electron chi connectivity index (χ0n) is 8.32. The Bertz CT molecular complexity index is 497. The van der Waals surface area contributed by atoms with Gasteiger partial charge in [-0.05, 0) is 29.8 Å². The fraction of sp³-hybridized carbons (Fsp3) is 0.0833. The van der Waals surface area contributed by atoms with E-state index >= 15 is 0 Å². The molecule has 1 heterocycles. The summed E-state index contributed by atoms with van der Waals surface area (Å²) in [5.74, 6) is 0. The average Bonchev–Trinajstić information content (AvgIpc) is 2.32. The molecule has 2 rings (SSSR count). The minimum Gasteiger partial charge on any atom is -0.392 e. The lowest BCUT2D eigenvalue weighted by Gasteiger charge is -2.04. The molecule has 0 atom stereocenters. The number of nitrogens with zero attached hydrogens (tertiary/aromatic N) is 1. The summed E-state index contributed by atoms with van der Waals surface area (Å²) in [6, 6.07) is 8.85. The first-order chi connectivity index (χ1) is 7.70. The molecule has 0 unspecified atom stereocenters. The maximum Gasteiger partial charge on any atom is 0.0717 e. The number of benzene rings is 1. The van der Waals surface area contributed by atoms with E-state index in [-0.39, 0.29) is 6.61 Å². The fourth-order valence-electron chi connectivity index (χ4n) is 1.37. The van der Waals surface area contributed by atoms with Gasteiger partial charge >= 0.3 is 0 Å². The Kier molecular flexibility index (Phi) is 3.44. The van der Waals surface area contributed by atoms with E-state index in [1.165, 1.54) is 0 Å². The standard InChI is InChI=1S/C12H9Cl2NO/c13-9-2-3-11(14)10(5-9)12-4-1-8(7-16)6-15-12/h1-6,16H,7H2. The van der Waals surface area contributed by atoms with Gasteiger partial charge in [-0.2, -0.15) is 0 Å². The highest BCUT2D eigenvalue weighted by atomic mass is 35.5. The molecule has 0 bridgehead atoms. The van der Waals surface area contributed by atoms with Gasteiger partial charge in [0.2, 0.25) is 0 Å². The molecule has 1 aromatic heterocycles. The van der Waals surface area contributed by atoms with Gasteiger partial charge < -0.3 is 5.11 Å². The molecule has 82 valence electrons. The van der Waals surface area contributed by atoms with Crippen LogP contribution in [-0.4, -0.2) is 10.1 Å². The summed E-state index contributed by atoms with van der Waals surface area (Å²) >= 11 is 12.0. The molecule has 0 amide bonds. The van der Waals surface area contributed by atoms with E-state index in [2.05, 4.69) is 4.98 Å². The molecule has 2 nitrogen and oxygen atoms in total. The predicted octanol–water partition coefficient (Wildman–Crippen LogP) is 3.55. The monoisotopic (exact) mass is 253 g/mol. The van der Waals surface area contributed by atoms with Gasteiger partial charge in [-0.1, -0.05) is 29.3 Å². The molecule has 0 fully saturated rings. The second-order valence-corrected chi connectivity index (χ2v) is 4.18. The Balaban J connectivity index is 2.45. The van der Waals surface area contributed by atoms with Crippen LogP contribution in [0, 0.1) is 0 Å². The van der Waals surface area contributed by atoms with E-state index in [1.54, 1.807) is 30.5 Å². The average molecular weight is 254 g/mol. The van der Waals surface area contributed by atoms with Crippen LogP contribution in [0.25, 0.3) is 11.3 Å². The minimum absolute atomic E-state index is 0.0173. The Morgan fingerprint density at radius 1 is 1.12 bits per heavy atom. The van der Waals surface area contributed by atoms with E-state index < -0.39 is 0 Å². The van der Waals surface area contributed by atoms with Crippen molar-refractivity contribution in [3.05, 3.63) is 52.1 Å². The van der Waals surface area contributed by atoms with E-state index in [0.717, 1.165) is 16.8 Å². The summed E-state index contributed by atoms with van der Waals surface area (Å²) < 4.78 is 0. The molecule has 0 aliphatic rings. The maximum absolute atomic E-state index is 8.91. The summed E-state index contributed by atoms with van der Waals surface area (Å²) in [5, 5.41) is 10.1. The molecule has 0 aliphatic heterocycles. The molecule has 0 radical (unpaired) electrons. The topological polar surface area (TPSA) is 33.1 Å². The normalized spacial score (nSPS) is 10.4. The van der Waals surface area contributed by atoms with Gasteiger partial charge in [-0.3, -0.25) is 4.98 Å². The molecule has 0 spiro atoms. The third-order valence-corrected chi connectivity index (χ3v) is 2.78. The van der Waals surface area contributed by atoms with Crippen molar-refractivity contribution in [2.45, 2.75) is 6.61 Å². The zero-order chi connectivity index (χ0) is 11.5. The van der Waals surface area contributed by atoms with Crippen molar-refractivity contribution in [3.63, 3.8) is 0 Å². The summed E-state index contributed by atoms with van der Waals surface area (Å²) in [6.45, 7) is -0.0173. The minimum atomic E-state index is -0.0173. The Labute approximate surface area is 103 Å². The van der Waals surface area contributed by atoms with Crippen LogP contribution in [0.15, 0.2) is 36.5 Å². The highest BCUT2D eigenvalue weighted by molar-refractivity contribution is 6.35. The van der Waals surface area contributed by atoms with E-state index in [9.17, 15) is 0 Å². The molecule has 4 heteroatoms. The van der Waals surface area contributed by atoms with E-state index in [4.69, 9.17) is 28.3 Å². The van der Waals surface area contributed by atoms with Crippen molar-refractivity contribution < 1.29 is 5.11 Å². The highest BCUT2D eigenvalue weighted by Gasteiger charge is 2.05. The molecular formula is C12H9Cl2NO. The van der Waals surface area contributed by atoms with E-state index in [1.807, 2.05) is 6.07 Å². The maximum atomic E-state index is 8.91. The summed E-state index contributed by atoms with van der Waals surface area (Å²) in [7, 11) is 0. The largest absolute Gasteiger partial charge is 0.392 e. The molecule has 1 N–H and O–H groups in total. The van der Waals surface area contributed by atoms with Gasteiger partial charge in [0, 0.05) is 16.8 Å². The lowest BCUT2D eigenvalue weighted by molar-refractivity contribution is 0.281. The third-order valence-electron chi connectivity index (χ3n) is 2.21. The van der Waals surface area contributed by atoms with Crippen LogP contribution < -0.4 is 0 Å². The van der Waals surface area contributed by atoms with Crippen molar-refractivity contribution in [2.24, 2.45) is 0 Å². The molecular weight excluding hydrogens is 245 g/mol.